The van der Waals surface area contributed by atoms with Crippen molar-refractivity contribution in [3.05, 3.63) is 114 Å². The van der Waals surface area contributed by atoms with Crippen molar-refractivity contribution in [2.24, 2.45) is 0 Å². The quantitative estimate of drug-likeness (QED) is 0.363. The maximum Gasteiger partial charge on any atom is 0.247 e. The lowest BCUT2D eigenvalue weighted by molar-refractivity contribution is 0.890. The minimum Gasteiger partial charge on any atom is -0.315 e. The van der Waals surface area contributed by atoms with E-state index in [4.69, 9.17) is 0 Å². The molecule has 4 aromatic rings. The molecule has 0 saturated carbocycles. The van der Waals surface area contributed by atoms with Gasteiger partial charge in [0.25, 0.3) is 0 Å². The van der Waals surface area contributed by atoms with Gasteiger partial charge >= 0.3 is 0 Å². The lowest BCUT2D eigenvalue weighted by atomic mass is 9.33. The summed E-state index contributed by atoms with van der Waals surface area (Å²) < 4.78 is 0. The average Bonchev–Trinajstić information content (AvgIpc) is 3.34. The van der Waals surface area contributed by atoms with Crippen molar-refractivity contribution in [2.75, 3.05) is 9.80 Å². The fourth-order valence-electron chi connectivity index (χ4n) is 6.00. The second-order valence-corrected chi connectivity index (χ2v) is 8.87. The van der Waals surface area contributed by atoms with Crippen LogP contribution in [0.1, 0.15) is 19.3 Å². The van der Waals surface area contributed by atoms with Gasteiger partial charge in [0.1, 0.15) is 0 Å². The summed E-state index contributed by atoms with van der Waals surface area (Å²) in [5.41, 5.74) is 12.4. The molecule has 3 heteroatoms. The number of hydrogen-bond donors (Lipinski definition) is 0. The number of benzene rings is 4. The largest absolute Gasteiger partial charge is 0.315 e. The highest BCUT2D eigenvalue weighted by Gasteiger charge is 2.44. The van der Waals surface area contributed by atoms with Crippen LogP contribution in [0.15, 0.2) is 114 Å². The highest BCUT2D eigenvalue weighted by Crippen LogP contribution is 2.47. The van der Waals surface area contributed by atoms with Crippen LogP contribution in [-0.4, -0.2) is 6.71 Å². The van der Waals surface area contributed by atoms with Crippen LogP contribution in [0.4, 0.5) is 28.4 Å². The van der Waals surface area contributed by atoms with Crippen molar-refractivity contribution in [1.82, 2.24) is 0 Å². The minimum atomic E-state index is 0.342. The van der Waals surface area contributed by atoms with Crippen molar-refractivity contribution in [2.45, 2.75) is 19.3 Å². The molecule has 0 bridgehead atoms. The maximum absolute atomic E-state index is 2.54. The Balaban J connectivity index is 1.56. The van der Waals surface area contributed by atoms with Crippen molar-refractivity contribution in [1.29, 1.82) is 0 Å². The van der Waals surface area contributed by atoms with Gasteiger partial charge in [-0.25, -0.2) is 0 Å². The Morgan fingerprint density at radius 2 is 1.12 bits per heavy atom. The zero-order chi connectivity index (χ0) is 21.1. The summed E-state index contributed by atoms with van der Waals surface area (Å²) in [5.74, 6) is 0. The highest BCUT2D eigenvalue weighted by atomic mass is 15.2. The van der Waals surface area contributed by atoms with Crippen LogP contribution in [-0.2, 0) is 0 Å². The molecule has 0 N–H and O–H groups in total. The Kier molecular flexibility index (Phi) is 3.86. The van der Waals surface area contributed by atoms with Gasteiger partial charge in [-0.2, -0.15) is 0 Å². The standard InChI is InChI=1S/C29H23BN2/c1-3-11-21(12-4-1)31-25-17-8-7-15-23(25)30-24-16-9-18-26(24)32(22-13-5-2-6-14-22)28-20-10-19-27(31)29(28)30/h1-8,10-15,17,19-20H,9,16,18H2. The summed E-state index contributed by atoms with van der Waals surface area (Å²) in [6, 6.07) is 37.5. The predicted octanol–water partition coefficient (Wildman–Crippen LogP) is 6.21. The van der Waals surface area contributed by atoms with Crippen LogP contribution in [0.2, 0.25) is 0 Å². The molecule has 0 aromatic heterocycles. The number of anilines is 5. The molecule has 7 rings (SSSR count). The third-order valence-corrected chi connectivity index (χ3v) is 7.20. The summed E-state index contributed by atoms with van der Waals surface area (Å²) in [7, 11) is 0. The number of rotatable bonds is 2. The predicted molar refractivity (Wildman–Crippen MR) is 136 cm³/mol. The Hall–Kier alpha value is -3.72. The molecular weight excluding hydrogens is 387 g/mol. The van der Waals surface area contributed by atoms with E-state index in [1.54, 1.807) is 5.47 Å². The number of nitrogens with zero attached hydrogens (tertiary/aromatic N) is 2. The fourth-order valence-corrected chi connectivity index (χ4v) is 6.00. The molecule has 2 nitrogen and oxygen atoms in total. The van der Waals surface area contributed by atoms with Crippen LogP contribution in [0.5, 0.6) is 0 Å². The van der Waals surface area contributed by atoms with Gasteiger partial charge in [-0.1, -0.05) is 66.1 Å². The highest BCUT2D eigenvalue weighted by molar-refractivity contribution is 6.95. The topological polar surface area (TPSA) is 6.48 Å². The second kappa shape index (κ2) is 6.90. The Morgan fingerprint density at radius 1 is 0.531 bits per heavy atom. The van der Waals surface area contributed by atoms with Crippen LogP contribution < -0.4 is 20.7 Å². The summed E-state index contributed by atoms with van der Waals surface area (Å²) in [4.78, 5) is 4.99. The summed E-state index contributed by atoms with van der Waals surface area (Å²) >= 11 is 0. The zero-order valence-corrected chi connectivity index (χ0v) is 17.9. The molecule has 4 aromatic carbocycles. The lowest BCUT2D eigenvalue weighted by Gasteiger charge is -2.44. The SMILES string of the molecule is c1ccc(N2C3=C(CCC3)B3c4ccccc4N(c4ccccc4)c4cccc2c43)cc1. The first-order valence-corrected chi connectivity index (χ1v) is 11.6. The molecule has 0 radical (unpaired) electrons. The first kappa shape index (κ1) is 17.9. The summed E-state index contributed by atoms with van der Waals surface area (Å²) in [6.45, 7) is 0.342. The average molecular weight is 410 g/mol. The van der Waals surface area contributed by atoms with Gasteiger partial charge in [0.2, 0.25) is 6.71 Å². The van der Waals surface area contributed by atoms with Gasteiger partial charge in [-0.05, 0) is 72.7 Å². The van der Waals surface area contributed by atoms with Gasteiger partial charge in [-0.3, -0.25) is 0 Å². The molecule has 152 valence electrons. The zero-order valence-electron chi connectivity index (χ0n) is 17.9. The summed E-state index contributed by atoms with van der Waals surface area (Å²) in [5, 5.41) is 0. The van der Waals surface area contributed by atoms with Crippen molar-refractivity contribution >= 4 is 46.1 Å². The van der Waals surface area contributed by atoms with E-state index >= 15 is 0 Å². The van der Waals surface area contributed by atoms with Gasteiger partial charge in [0.15, 0.2) is 0 Å². The van der Waals surface area contributed by atoms with E-state index in [2.05, 4.69) is 113 Å². The maximum atomic E-state index is 2.54. The van der Waals surface area contributed by atoms with Crippen LogP contribution >= 0.6 is 0 Å². The third kappa shape index (κ3) is 2.42. The minimum absolute atomic E-state index is 0.342. The molecular formula is C29H23BN2. The number of fused-ring (bicyclic) bond motifs is 3. The monoisotopic (exact) mass is 410 g/mol. The van der Waals surface area contributed by atoms with Crippen LogP contribution in [0.25, 0.3) is 0 Å². The second-order valence-electron chi connectivity index (χ2n) is 8.87. The van der Waals surface area contributed by atoms with Crippen molar-refractivity contribution in [3.63, 3.8) is 0 Å². The normalized spacial score (nSPS) is 16.1. The lowest BCUT2D eigenvalue weighted by Crippen LogP contribution is -2.55. The molecule has 1 aliphatic carbocycles. The van der Waals surface area contributed by atoms with Crippen LogP contribution in [0, 0.1) is 0 Å². The smallest absolute Gasteiger partial charge is 0.247 e. The van der Waals surface area contributed by atoms with Gasteiger partial charge in [0.05, 0.1) is 0 Å². The molecule has 2 aliphatic heterocycles. The Morgan fingerprint density at radius 3 is 1.88 bits per heavy atom. The molecule has 32 heavy (non-hydrogen) atoms. The van der Waals surface area contributed by atoms with Gasteiger partial charge < -0.3 is 9.80 Å². The third-order valence-electron chi connectivity index (χ3n) is 7.20. The first-order chi connectivity index (χ1) is 15.9. The van der Waals surface area contributed by atoms with E-state index in [0.29, 0.717) is 6.71 Å². The van der Waals surface area contributed by atoms with Gasteiger partial charge in [0, 0.05) is 34.1 Å². The molecule has 0 unspecified atom stereocenters. The van der Waals surface area contributed by atoms with E-state index in [0.717, 1.165) is 6.42 Å². The van der Waals surface area contributed by atoms with Crippen LogP contribution in [0.3, 0.4) is 0 Å². The van der Waals surface area contributed by atoms with E-state index < -0.39 is 0 Å². The molecule has 0 fully saturated rings. The Labute approximate surface area is 189 Å². The molecule has 0 amide bonds. The number of para-hydroxylation sites is 3. The van der Waals surface area contributed by atoms with E-state index in [1.807, 2.05) is 0 Å². The molecule has 0 saturated heterocycles. The molecule has 0 atom stereocenters. The molecule has 2 heterocycles. The molecule has 3 aliphatic rings. The van der Waals surface area contributed by atoms with E-state index in [-0.39, 0.29) is 0 Å². The fraction of sp³-hybridized carbons (Fsp3) is 0.103. The number of allylic oxidation sites excluding steroid dienone is 2. The van der Waals surface area contributed by atoms with Crippen molar-refractivity contribution in [3.8, 4) is 0 Å². The Bertz CT molecular complexity index is 1360. The summed E-state index contributed by atoms with van der Waals surface area (Å²) in [6.07, 6.45) is 3.56. The molecule has 0 spiro atoms. The van der Waals surface area contributed by atoms with Crippen molar-refractivity contribution < 1.29 is 0 Å². The van der Waals surface area contributed by atoms with E-state index in [1.165, 1.54) is 57.9 Å². The number of hydrogen-bond acceptors (Lipinski definition) is 2. The first-order valence-electron chi connectivity index (χ1n) is 11.6. The van der Waals surface area contributed by atoms with E-state index in [9.17, 15) is 0 Å². The van der Waals surface area contributed by atoms with Gasteiger partial charge in [-0.15, -0.1) is 0 Å².